The van der Waals surface area contributed by atoms with Gasteiger partial charge < -0.3 is 10.4 Å². The van der Waals surface area contributed by atoms with Crippen LogP contribution in [0, 0.1) is 11.2 Å². The van der Waals surface area contributed by atoms with Crippen molar-refractivity contribution in [2.45, 2.75) is 38.5 Å². The Hall–Kier alpha value is -1.91. The Morgan fingerprint density at radius 3 is 2.33 bits per heavy atom. The molecule has 1 aliphatic rings. The van der Waals surface area contributed by atoms with Gasteiger partial charge in [0, 0.05) is 6.54 Å². The van der Waals surface area contributed by atoms with Crippen LogP contribution in [0.2, 0.25) is 0 Å². The van der Waals surface area contributed by atoms with Crippen molar-refractivity contribution in [2.24, 2.45) is 5.41 Å². The van der Waals surface area contributed by atoms with Gasteiger partial charge in [-0.05, 0) is 50.8 Å². The summed E-state index contributed by atoms with van der Waals surface area (Å²) in [4.78, 5) is 23.3. The molecule has 4 nitrogen and oxygen atoms in total. The van der Waals surface area contributed by atoms with E-state index in [-0.39, 0.29) is 11.7 Å². The molecule has 1 amide bonds. The molecule has 0 aliphatic heterocycles. The quantitative estimate of drug-likeness (QED) is 0.846. The van der Waals surface area contributed by atoms with E-state index < -0.39 is 16.8 Å². The summed E-state index contributed by atoms with van der Waals surface area (Å²) in [5.41, 5.74) is -0.597. The average molecular weight is 293 g/mol. The van der Waals surface area contributed by atoms with Crippen LogP contribution in [0.5, 0.6) is 0 Å². The number of carboxylic acid groups (broad SMARTS) is 1. The number of aliphatic carboxylic acids is 1. The van der Waals surface area contributed by atoms with Crippen molar-refractivity contribution in [1.29, 1.82) is 0 Å². The first-order chi connectivity index (χ1) is 9.78. The Balaban J connectivity index is 1.95. The van der Waals surface area contributed by atoms with E-state index in [2.05, 4.69) is 5.32 Å². The molecule has 1 aromatic rings. The number of nitrogens with one attached hydrogen (secondary N) is 1. The van der Waals surface area contributed by atoms with Crippen molar-refractivity contribution in [1.82, 2.24) is 5.32 Å². The highest BCUT2D eigenvalue weighted by Gasteiger charge is 2.51. The molecule has 0 heterocycles. The average Bonchev–Trinajstić information content (AvgIpc) is 3.20. The number of amides is 1. The first kappa shape index (κ1) is 15.5. The van der Waals surface area contributed by atoms with E-state index in [1.165, 1.54) is 12.1 Å². The SMILES string of the molecule is CC(C)(CCNC(=O)C1(c2ccc(F)cc2)CC1)C(=O)O. The second kappa shape index (κ2) is 5.47. The number of benzene rings is 1. The van der Waals surface area contributed by atoms with Crippen LogP contribution in [0.3, 0.4) is 0 Å². The molecule has 2 N–H and O–H groups in total. The summed E-state index contributed by atoms with van der Waals surface area (Å²) in [6.07, 6.45) is 1.85. The molecule has 1 aliphatic carbocycles. The molecule has 0 atom stereocenters. The number of halogens is 1. The summed E-state index contributed by atoms with van der Waals surface area (Å²) in [5, 5.41) is 11.8. The second-order valence-corrected chi connectivity index (χ2v) is 6.28. The lowest BCUT2D eigenvalue weighted by atomic mass is 9.89. The minimum absolute atomic E-state index is 0.102. The van der Waals surface area contributed by atoms with E-state index in [4.69, 9.17) is 5.11 Å². The van der Waals surface area contributed by atoms with Crippen molar-refractivity contribution in [3.63, 3.8) is 0 Å². The lowest BCUT2D eigenvalue weighted by molar-refractivity contribution is -0.147. The van der Waals surface area contributed by atoms with E-state index in [0.717, 1.165) is 18.4 Å². The molecule has 114 valence electrons. The van der Waals surface area contributed by atoms with Gasteiger partial charge in [0.1, 0.15) is 5.82 Å². The topological polar surface area (TPSA) is 66.4 Å². The standard InChI is InChI=1S/C16H20FNO3/c1-15(2,14(20)21)9-10-18-13(19)16(7-8-16)11-3-5-12(17)6-4-11/h3-6H,7-10H2,1-2H3,(H,18,19)(H,20,21). The minimum atomic E-state index is -0.878. The maximum absolute atomic E-state index is 12.9. The normalized spacial score (nSPS) is 16.3. The zero-order valence-corrected chi connectivity index (χ0v) is 12.3. The summed E-state index contributed by atoms with van der Waals surface area (Å²) in [6.45, 7) is 3.59. The Morgan fingerprint density at radius 1 is 1.29 bits per heavy atom. The van der Waals surface area contributed by atoms with Gasteiger partial charge in [0.25, 0.3) is 0 Å². The molecular formula is C16H20FNO3. The van der Waals surface area contributed by atoms with E-state index in [1.807, 2.05) is 0 Å². The largest absolute Gasteiger partial charge is 0.481 e. The molecule has 21 heavy (non-hydrogen) atoms. The fourth-order valence-electron chi connectivity index (χ4n) is 2.31. The highest BCUT2D eigenvalue weighted by molar-refractivity contribution is 5.91. The first-order valence-corrected chi connectivity index (χ1v) is 7.06. The number of carbonyl (C=O) groups excluding carboxylic acids is 1. The lowest BCUT2D eigenvalue weighted by Crippen LogP contribution is -2.37. The molecule has 5 heteroatoms. The van der Waals surface area contributed by atoms with Crippen LogP contribution in [-0.4, -0.2) is 23.5 Å². The lowest BCUT2D eigenvalue weighted by Gasteiger charge is -2.21. The van der Waals surface area contributed by atoms with Gasteiger partial charge in [-0.3, -0.25) is 9.59 Å². The fourth-order valence-corrected chi connectivity index (χ4v) is 2.31. The maximum Gasteiger partial charge on any atom is 0.309 e. The van der Waals surface area contributed by atoms with Gasteiger partial charge in [-0.15, -0.1) is 0 Å². The molecule has 0 unspecified atom stereocenters. The number of carbonyl (C=O) groups is 2. The molecule has 0 aromatic heterocycles. The fraction of sp³-hybridized carbons (Fsp3) is 0.500. The number of hydrogen-bond acceptors (Lipinski definition) is 2. The predicted molar refractivity (Wildman–Crippen MR) is 76.4 cm³/mol. The molecule has 2 rings (SSSR count). The van der Waals surface area contributed by atoms with Crippen molar-refractivity contribution in [2.75, 3.05) is 6.54 Å². The summed E-state index contributed by atoms with van der Waals surface area (Å²) >= 11 is 0. The smallest absolute Gasteiger partial charge is 0.309 e. The van der Waals surface area contributed by atoms with Gasteiger partial charge in [0.15, 0.2) is 0 Å². The summed E-state index contributed by atoms with van der Waals surface area (Å²) in [5.74, 6) is -1.30. The van der Waals surface area contributed by atoms with Gasteiger partial charge >= 0.3 is 5.97 Å². The van der Waals surface area contributed by atoms with Gasteiger partial charge in [0.05, 0.1) is 10.8 Å². The van der Waals surface area contributed by atoms with Crippen molar-refractivity contribution < 1.29 is 19.1 Å². The Labute approximate surface area is 123 Å². The monoisotopic (exact) mass is 293 g/mol. The third-order valence-corrected chi connectivity index (χ3v) is 4.20. The Kier molecular flexibility index (Phi) is 4.03. The molecule has 0 saturated heterocycles. The van der Waals surface area contributed by atoms with Gasteiger partial charge in [-0.2, -0.15) is 0 Å². The molecular weight excluding hydrogens is 273 g/mol. The van der Waals surface area contributed by atoms with Crippen LogP contribution in [-0.2, 0) is 15.0 Å². The number of hydrogen-bond donors (Lipinski definition) is 2. The highest BCUT2D eigenvalue weighted by atomic mass is 19.1. The number of carboxylic acids is 1. The van der Waals surface area contributed by atoms with Crippen LogP contribution < -0.4 is 5.32 Å². The molecule has 1 aromatic carbocycles. The van der Waals surface area contributed by atoms with Gasteiger partial charge in [-0.25, -0.2) is 4.39 Å². The van der Waals surface area contributed by atoms with Crippen LogP contribution in [0.1, 0.15) is 38.7 Å². The summed E-state index contributed by atoms with van der Waals surface area (Å²) < 4.78 is 12.9. The van der Waals surface area contributed by atoms with E-state index >= 15 is 0 Å². The summed E-state index contributed by atoms with van der Waals surface area (Å²) in [6, 6.07) is 6.00. The van der Waals surface area contributed by atoms with E-state index in [1.54, 1.807) is 26.0 Å². The zero-order valence-electron chi connectivity index (χ0n) is 12.3. The van der Waals surface area contributed by atoms with Crippen LogP contribution >= 0.6 is 0 Å². The van der Waals surface area contributed by atoms with Gasteiger partial charge in [0.2, 0.25) is 5.91 Å². The van der Waals surface area contributed by atoms with E-state index in [9.17, 15) is 14.0 Å². The van der Waals surface area contributed by atoms with E-state index in [0.29, 0.717) is 13.0 Å². The zero-order chi connectivity index (χ0) is 15.7. The summed E-state index contributed by atoms with van der Waals surface area (Å²) in [7, 11) is 0. The minimum Gasteiger partial charge on any atom is -0.481 e. The molecule has 1 fully saturated rings. The maximum atomic E-state index is 12.9. The van der Waals surface area contributed by atoms with Crippen LogP contribution in [0.4, 0.5) is 4.39 Å². The number of rotatable bonds is 6. The predicted octanol–water partition coefficient (Wildman–Crippen LogP) is 2.47. The third kappa shape index (κ3) is 3.23. The second-order valence-electron chi connectivity index (χ2n) is 6.28. The Bertz CT molecular complexity index is 547. The molecule has 1 saturated carbocycles. The third-order valence-electron chi connectivity index (χ3n) is 4.20. The highest BCUT2D eigenvalue weighted by Crippen LogP contribution is 2.48. The van der Waals surface area contributed by atoms with Crippen molar-refractivity contribution in [3.8, 4) is 0 Å². The van der Waals surface area contributed by atoms with Crippen molar-refractivity contribution in [3.05, 3.63) is 35.6 Å². The van der Waals surface area contributed by atoms with Gasteiger partial charge in [-0.1, -0.05) is 12.1 Å². The Morgan fingerprint density at radius 2 is 1.86 bits per heavy atom. The van der Waals surface area contributed by atoms with Crippen LogP contribution in [0.25, 0.3) is 0 Å². The molecule has 0 radical (unpaired) electrons. The first-order valence-electron chi connectivity index (χ1n) is 7.06. The van der Waals surface area contributed by atoms with Crippen molar-refractivity contribution >= 4 is 11.9 Å². The van der Waals surface area contributed by atoms with Crippen LogP contribution in [0.15, 0.2) is 24.3 Å². The molecule has 0 bridgehead atoms. The molecule has 0 spiro atoms.